The standard InChI is InChI=1S/C14H12BrF2NO/c1-8(2)11-5-9(15)3-4-13(11)19-14-12(17)6-10(16)7-18-14/h3-8H,1-2H3. The molecule has 1 heterocycles. The van der Waals surface area contributed by atoms with E-state index in [1.165, 1.54) is 0 Å². The smallest absolute Gasteiger partial charge is 0.256 e. The molecule has 5 heteroatoms. The van der Waals surface area contributed by atoms with Crippen LogP contribution in [-0.2, 0) is 0 Å². The number of pyridine rings is 1. The first-order chi connectivity index (χ1) is 8.97. The molecule has 19 heavy (non-hydrogen) atoms. The van der Waals surface area contributed by atoms with Crippen molar-refractivity contribution in [1.29, 1.82) is 0 Å². The summed E-state index contributed by atoms with van der Waals surface area (Å²) >= 11 is 3.38. The maximum Gasteiger partial charge on any atom is 0.256 e. The molecule has 0 fully saturated rings. The summed E-state index contributed by atoms with van der Waals surface area (Å²) in [5, 5.41) is 0. The number of benzene rings is 1. The van der Waals surface area contributed by atoms with Crippen molar-refractivity contribution in [3.63, 3.8) is 0 Å². The fraction of sp³-hybridized carbons (Fsp3) is 0.214. The van der Waals surface area contributed by atoms with Gasteiger partial charge in [0.2, 0.25) is 0 Å². The second kappa shape index (κ2) is 5.65. The summed E-state index contributed by atoms with van der Waals surface area (Å²) in [6.07, 6.45) is 0.923. The molecule has 0 bridgehead atoms. The molecule has 0 aliphatic rings. The highest BCUT2D eigenvalue weighted by Gasteiger charge is 2.13. The molecule has 0 radical (unpaired) electrons. The Hall–Kier alpha value is -1.49. The molecule has 1 aromatic carbocycles. The Morgan fingerprint density at radius 2 is 1.95 bits per heavy atom. The van der Waals surface area contributed by atoms with E-state index in [1.54, 1.807) is 12.1 Å². The summed E-state index contributed by atoms with van der Waals surface area (Å²) in [6, 6.07) is 6.17. The number of nitrogens with zero attached hydrogens (tertiary/aromatic N) is 1. The van der Waals surface area contributed by atoms with E-state index in [9.17, 15) is 8.78 Å². The van der Waals surface area contributed by atoms with Gasteiger partial charge in [-0.15, -0.1) is 0 Å². The Balaban J connectivity index is 2.38. The van der Waals surface area contributed by atoms with E-state index in [0.717, 1.165) is 22.3 Å². The van der Waals surface area contributed by atoms with Crippen LogP contribution in [0.1, 0.15) is 25.3 Å². The predicted molar refractivity (Wildman–Crippen MR) is 72.5 cm³/mol. The zero-order chi connectivity index (χ0) is 14.0. The second-order valence-corrected chi connectivity index (χ2v) is 5.30. The van der Waals surface area contributed by atoms with E-state index in [2.05, 4.69) is 20.9 Å². The van der Waals surface area contributed by atoms with Gasteiger partial charge in [0.25, 0.3) is 5.88 Å². The van der Waals surface area contributed by atoms with E-state index in [0.29, 0.717) is 5.75 Å². The molecular weight excluding hydrogens is 316 g/mol. The van der Waals surface area contributed by atoms with Crippen molar-refractivity contribution >= 4 is 15.9 Å². The largest absolute Gasteiger partial charge is 0.436 e. The molecule has 0 aliphatic carbocycles. The maximum atomic E-state index is 13.5. The van der Waals surface area contributed by atoms with Crippen molar-refractivity contribution in [3.8, 4) is 11.6 Å². The molecule has 0 atom stereocenters. The van der Waals surface area contributed by atoms with Crippen LogP contribution in [0.15, 0.2) is 34.9 Å². The SMILES string of the molecule is CC(C)c1cc(Br)ccc1Oc1ncc(F)cc1F. The van der Waals surface area contributed by atoms with Crippen LogP contribution in [0.3, 0.4) is 0 Å². The minimum absolute atomic E-state index is 0.205. The molecule has 0 aliphatic heterocycles. The van der Waals surface area contributed by atoms with Crippen LogP contribution in [-0.4, -0.2) is 4.98 Å². The van der Waals surface area contributed by atoms with E-state index in [-0.39, 0.29) is 11.8 Å². The molecule has 2 aromatic rings. The summed E-state index contributed by atoms with van der Waals surface area (Å²) in [5.41, 5.74) is 0.917. The lowest BCUT2D eigenvalue weighted by molar-refractivity contribution is 0.411. The Morgan fingerprint density at radius 3 is 2.58 bits per heavy atom. The van der Waals surface area contributed by atoms with Crippen molar-refractivity contribution in [1.82, 2.24) is 4.98 Å². The highest BCUT2D eigenvalue weighted by molar-refractivity contribution is 9.10. The van der Waals surface area contributed by atoms with Crippen molar-refractivity contribution in [2.45, 2.75) is 19.8 Å². The molecule has 0 saturated heterocycles. The topological polar surface area (TPSA) is 22.1 Å². The van der Waals surface area contributed by atoms with Crippen LogP contribution in [0.25, 0.3) is 0 Å². The predicted octanol–water partition coefficient (Wildman–Crippen LogP) is 5.04. The zero-order valence-corrected chi connectivity index (χ0v) is 12.0. The summed E-state index contributed by atoms with van der Waals surface area (Å²) in [4.78, 5) is 3.61. The van der Waals surface area contributed by atoms with Gasteiger partial charge in [0.1, 0.15) is 11.6 Å². The molecule has 100 valence electrons. The molecule has 0 unspecified atom stereocenters. The third-order valence-electron chi connectivity index (χ3n) is 2.57. The monoisotopic (exact) mass is 327 g/mol. The summed E-state index contributed by atoms with van der Waals surface area (Å²) < 4.78 is 32.6. The van der Waals surface area contributed by atoms with Gasteiger partial charge in [-0.25, -0.2) is 13.8 Å². The second-order valence-electron chi connectivity index (χ2n) is 4.38. The molecule has 1 aromatic heterocycles. The molecule has 0 spiro atoms. The number of halogens is 3. The molecular formula is C14H12BrF2NO. The van der Waals surface area contributed by atoms with E-state index >= 15 is 0 Å². The normalized spacial score (nSPS) is 10.8. The van der Waals surface area contributed by atoms with Gasteiger partial charge < -0.3 is 4.74 Å². The van der Waals surface area contributed by atoms with Crippen molar-refractivity contribution in [3.05, 3.63) is 52.1 Å². The van der Waals surface area contributed by atoms with Crippen LogP contribution >= 0.6 is 15.9 Å². The summed E-state index contributed by atoms with van der Waals surface area (Å²) in [5.74, 6) is -1.07. The molecule has 2 rings (SSSR count). The minimum Gasteiger partial charge on any atom is -0.436 e. The Morgan fingerprint density at radius 1 is 1.21 bits per heavy atom. The van der Waals surface area contributed by atoms with Crippen LogP contribution in [0.2, 0.25) is 0 Å². The van der Waals surface area contributed by atoms with E-state index < -0.39 is 11.6 Å². The molecule has 0 saturated carbocycles. The maximum absolute atomic E-state index is 13.5. The quantitative estimate of drug-likeness (QED) is 0.788. The number of rotatable bonds is 3. The Labute approximate surface area is 118 Å². The van der Waals surface area contributed by atoms with Gasteiger partial charge in [-0.1, -0.05) is 29.8 Å². The number of aromatic nitrogens is 1. The van der Waals surface area contributed by atoms with Gasteiger partial charge in [0.05, 0.1) is 6.20 Å². The van der Waals surface area contributed by atoms with Crippen LogP contribution in [0.4, 0.5) is 8.78 Å². The molecule has 0 N–H and O–H groups in total. The molecule has 2 nitrogen and oxygen atoms in total. The highest BCUT2D eigenvalue weighted by Crippen LogP contribution is 2.33. The van der Waals surface area contributed by atoms with Crippen molar-refractivity contribution < 1.29 is 13.5 Å². The van der Waals surface area contributed by atoms with E-state index in [1.807, 2.05) is 19.9 Å². The first-order valence-corrected chi connectivity index (χ1v) is 6.55. The van der Waals surface area contributed by atoms with Crippen LogP contribution in [0, 0.1) is 11.6 Å². The lowest BCUT2D eigenvalue weighted by Crippen LogP contribution is -1.98. The fourth-order valence-electron chi connectivity index (χ4n) is 1.64. The fourth-order valence-corrected chi connectivity index (χ4v) is 2.02. The Kier molecular flexibility index (Phi) is 4.14. The van der Waals surface area contributed by atoms with Gasteiger partial charge >= 0.3 is 0 Å². The third kappa shape index (κ3) is 3.29. The van der Waals surface area contributed by atoms with Gasteiger partial charge in [-0.05, 0) is 29.7 Å². The zero-order valence-electron chi connectivity index (χ0n) is 10.5. The molecule has 0 amide bonds. The number of hydrogen-bond donors (Lipinski definition) is 0. The highest BCUT2D eigenvalue weighted by atomic mass is 79.9. The summed E-state index contributed by atoms with van der Waals surface area (Å²) in [7, 11) is 0. The Bertz CT molecular complexity index is 602. The first kappa shape index (κ1) is 13.9. The van der Waals surface area contributed by atoms with Gasteiger partial charge in [0, 0.05) is 10.5 Å². The minimum atomic E-state index is -0.822. The third-order valence-corrected chi connectivity index (χ3v) is 3.07. The first-order valence-electron chi connectivity index (χ1n) is 5.75. The van der Waals surface area contributed by atoms with E-state index in [4.69, 9.17) is 4.74 Å². The average molecular weight is 328 g/mol. The number of ether oxygens (including phenoxy) is 1. The van der Waals surface area contributed by atoms with Gasteiger partial charge in [0.15, 0.2) is 5.82 Å². The lowest BCUT2D eigenvalue weighted by atomic mass is 10.0. The summed E-state index contributed by atoms with van der Waals surface area (Å²) in [6.45, 7) is 4.01. The average Bonchev–Trinajstić information content (AvgIpc) is 2.34. The van der Waals surface area contributed by atoms with Gasteiger partial charge in [-0.3, -0.25) is 0 Å². The van der Waals surface area contributed by atoms with Crippen molar-refractivity contribution in [2.24, 2.45) is 0 Å². The van der Waals surface area contributed by atoms with Gasteiger partial charge in [-0.2, -0.15) is 0 Å². The van der Waals surface area contributed by atoms with Crippen LogP contribution in [0.5, 0.6) is 11.6 Å². The van der Waals surface area contributed by atoms with Crippen molar-refractivity contribution in [2.75, 3.05) is 0 Å². The number of hydrogen-bond acceptors (Lipinski definition) is 2. The van der Waals surface area contributed by atoms with Crippen LogP contribution < -0.4 is 4.74 Å². The lowest BCUT2D eigenvalue weighted by Gasteiger charge is -2.13.